The van der Waals surface area contributed by atoms with Crippen LogP contribution in [0, 0.1) is 12.7 Å². The molecule has 0 radical (unpaired) electrons. The fraction of sp³-hybridized carbons (Fsp3) is 0.167. The molecule has 4 heteroatoms. The Balaban J connectivity index is 2.12. The van der Waals surface area contributed by atoms with Crippen LogP contribution in [-0.2, 0) is 6.54 Å². The van der Waals surface area contributed by atoms with Gasteiger partial charge in [0.2, 0.25) is 0 Å². The van der Waals surface area contributed by atoms with Gasteiger partial charge in [-0.05, 0) is 52.0 Å². The molecule has 84 valence electrons. The third-order valence-corrected chi connectivity index (χ3v) is 3.78. The van der Waals surface area contributed by atoms with Gasteiger partial charge >= 0.3 is 0 Å². The number of halogens is 2. The maximum atomic E-state index is 13.3. The molecule has 0 saturated heterocycles. The number of benzene rings is 1. The van der Waals surface area contributed by atoms with E-state index in [9.17, 15) is 4.39 Å². The van der Waals surface area contributed by atoms with Crippen LogP contribution in [0.2, 0.25) is 0 Å². The van der Waals surface area contributed by atoms with Crippen molar-refractivity contribution in [1.29, 1.82) is 0 Å². The van der Waals surface area contributed by atoms with Crippen LogP contribution in [0.25, 0.3) is 0 Å². The smallest absolute Gasteiger partial charge is 0.139 e. The third-order valence-electron chi connectivity index (χ3n) is 2.30. The first-order valence-electron chi connectivity index (χ1n) is 4.88. The van der Waals surface area contributed by atoms with Gasteiger partial charge in [-0.1, -0.05) is 6.07 Å². The van der Waals surface area contributed by atoms with Crippen molar-refractivity contribution >= 4 is 33.0 Å². The molecule has 0 unspecified atom stereocenters. The average molecular weight is 300 g/mol. The largest absolute Gasteiger partial charge is 0.380 e. The van der Waals surface area contributed by atoms with Crippen molar-refractivity contribution in [2.45, 2.75) is 13.5 Å². The summed E-state index contributed by atoms with van der Waals surface area (Å²) in [5.41, 5.74) is 1.87. The summed E-state index contributed by atoms with van der Waals surface area (Å²) in [5.74, 6) is -0.237. The highest BCUT2D eigenvalue weighted by molar-refractivity contribution is 9.10. The highest BCUT2D eigenvalue weighted by Gasteiger charge is 2.05. The fourth-order valence-corrected chi connectivity index (χ4v) is 2.53. The summed E-state index contributed by atoms with van der Waals surface area (Å²) in [5, 5.41) is 5.27. The van der Waals surface area contributed by atoms with Crippen molar-refractivity contribution in [3.8, 4) is 0 Å². The first kappa shape index (κ1) is 11.6. The summed E-state index contributed by atoms with van der Waals surface area (Å²) in [4.78, 5) is 1.24. The molecule has 1 aromatic carbocycles. The standard InChI is InChI=1S/C12H11BrFNS/c1-8-5-10(13)11(14)6-12(8)15-7-9-3-2-4-16-9/h2-6,15H,7H2,1H3. The van der Waals surface area contributed by atoms with Crippen LogP contribution in [0.3, 0.4) is 0 Å². The van der Waals surface area contributed by atoms with Crippen molar-refractivity contribution in [3.05, 3.63) is 50.4 Å². The van der Waals surface area contributed by atoms with Gasteiger partial charge in [-0.15, -0.1) is 11.3 Å². The molecule has 0 atom stereocenters. The molecule has 1 N–H and O–H groups in total. The van der Waals surface area contributed by atoms with E-state index in [2.05, 4.69) is 27.3 Å². The number of rotatable bonds is 3. The van der Waals surface area contributed by atoms with Crippen LogP contribution in [0.5, 0.6) is 0 Å². The maximum absolute atomic E-state index is 13.3. The minimum atomic E-state index is -0.237. The second-order valence-electron chi connectivity index (χ2n) is 3.51. The zero-order valence-corrected chi connectivity index (χ0v) is 11.2. The Bertz CT molecular complexity index is 482. The molecule has 0 spiro atoms. The molecule has 2 rings (SSSR count). The van der Waals surface area contributed by atoms with Crippen LogP contribution in [0.15, 0.2) is 34.1 Å². The molecule has 0 fully saturated rings. The average Bonchev–Trinajstić information content (AvgIpc) is 2.74. The van der Waals surface area contributed by atoms with E-state index >= 15 is 0 Å². The quantitative estimate of drug-likeness (QED) is 0.875. The van der Waals surface area contributed by atoms with E-state index < -0.39 is 0 Å². The zero-order valence-electron chi connectivity index (χ0n) is 8.76. The van der Waals surface area contributed by atoms with E-state index in [0.29, 0.717) is 4.47 Å². The summed E-state index contributed by atoms with van der Waals surface area (Å²) in [6, 6.07) is 7.37. The van der Waals surface area contributed by atoms with Gasteiger partial charge in [-0.25, -0.2) is 4.39 Å². The Hall–Kier alpha value is -0.870. The van der Waals surface area contributed by atoms with E-state index in [1.165, 1.54) is 10.9 Å². The van der Waals surface area contributed by atoms with Gasteiger partial charge in [-0.2, -0.15) is 0 Å². The van der Waals surface area contributed by atoms with Gasteiger partial charge in [0, 0.05) is 17.1 Å². The van der Waals surface area contributed by atoms with E-state index in [-0.39, 0.29) is 5.82 Å². The van der Waals surface area contributed by atoms with Crippen LogP contribution >= 0.6 is 27.3 Å². The Labute approximate surface area is 106 Å². The summed E-state index contributed by atoms with van der Waals surface area (Å²) in [6.45, 7) is 2.69. The maximum Gasteiger partial charge on any atom is 0.139 e. The van der Waals surface area contributed by atoms with Gasteiger partial charge < -0.3 is 5.32 Å². The van der Waals surface area contributed by atoms with Gasteiger partial charge in [0.25, 0.3) is 0 Å². The molecule has 0 aliphatic heterocycles. The van der Waals surface area contributed by atoms with Crippen molar-refractivity contribution in [2.24, 2.45) is 0 Å². The molecular formula is C12H11BrFNS. The number of hydrogen-bond donors (Lipinski definition) is 1. The second kappa shape index (κ2) is 4.97. The monoisotopic (exact) mass is 299 g/mol. The van der Waals surface area contributed by atoms with Crippen LogP contribution in [0.1, 0.15) is 10.4 Å². The lowest BCUT2D eigenvalue weighted by Crippen LogP contribution is -2.00. The molecular weight excluding hydrogens is 289 g/mol. The molecule has 2 aromatic rings. The molecule has 0 saturated carbocycles. The number of aryl methyl sites for hydroxylation is 1. The summed E-state index contributed by atoms with van der Waals surface area (Å²) in [6.07, 6.45) is 0. The molecule has 1 heterocycles. The lowest BCUT2D eigenvalue weighted by molar-refractivity contribution is 0.621. The molecule has 0 aliphatic rings. The molecule has 16 heavy (non-hydrogen) atoms. The van der Waals surface area contributed by atoms with Crippen LogP contribution in [0.4, 0.5) is 10.1 Å². The summed E-state index contributed by atoms with van der Waals surface area (Å²) in [7, 11) is 0. The number of hydrogen-bond acceptors (Lipinski definition) is 2. The Morgan fingerprint density at radius 1 is 1.44 bits per heavy atom. The Morgan fingerprint density at radius 2 is 2.25 bits per heavy atom. The first-order chi connectivity index (χ1) is 7.66. The zero-order chi connectivity index (χ0) is 11.5. The molecule has 0 aliphatic carbocycles. The lowest BCUT2D eigenvalue weighted by Gasteiger charge is -2.09. The molecule has 1 aromatic heterocycles. The van der Waals surface area contributed by atoms with Gasteiger partial charge in [0.1, 0.15) is 5.82 Å². The van der Waals surface area contributed by atoms with Gasteiger partial charge in [0.05, 0.1) is 4.47 Å². The van der Waals surface area contributed by atoms with E-state index in [4.69, 9.17) is 0 Å². The molecule has 1 nitrogen and oxygen atoms in total. The van der Waals surface area contributed by atoms with E-state index in [1.54, 1.807) is 17.4 Å². The minimum Gasteiger partial charge on any atom is -0.380 e. The summed E-state index contributed by atoms with van der Waals surface area (Å²) >= 11 is 4.86. The van der Waals surface area contributed by atoms with E-state index in [0.717, 1.165) is 17.8 Å². The number of nitrogens with one attached hydrogen (secondary N) is 1. The minimum absolute atomic E-state index is 0.237. The predicted molar refractivity (Wildman–Crippen MR) is 70.5 cm³/mol. The highest BCUT2D eigenvalue weighted by Crippen LogP contribution is 2.24. The number of anilines is 1. The Kier molecular flexibility index (Phi) is 3.61. The van der Waals surface area contributed by atoms with Gasteiger partial charge in [0.15, 0.2) is 0 Å². The lowest BCUT2D eigenvalue weighted by atomic mass is 10.2. The SMILES string of the molecule is Cc1cc(Br)c(F)cc1NCc1cccs1. The second-order valence-corrected chi connectivity index (χ2v) is 5.40. The molecule has 0 bridgehead atoms. The topological polar surface area (TPSA) is 12.0 Å². The highest BCUT2D eigenvalue weighted by atomic mass is 79.9. The summed E-state index contributed by atoms with van der Waals surface area (Å²) < 4.78 is 13.8. The third kappa shape index (κ3) is 2.62. The fourth-order valence-electron chi connectivity index (χ4n) is 1.43. The normalized spacial score (nSPS) is 10.4. The predicted octanol–water partition coefficient (Wildman–Crippen LogP) is 4.57. The Morgan fingerprint density at radius 3 is 2.94 bits per heavy atom. The number of thiophene rings is 1. The molecule has 0 amide bonds. The van der Waals surface area contributed by atoms with Crippen LogP contribution < -0.4 is 5.32 Å². The van der Waals surface area contributed by atoms with Crippen LogP contribution in [-0.4, -0.2) is 0 Å². The van der Waals surface area contributed by atoms with Crippen molar-refractivity contribution in [1.82, 2.24) is 0 Å². The van der Waals surface area contributed by atoms with Crippen molar-refractivity contribution in [2.75, 3.05) is 5.32 Å². The van der Waals surface area contributed by atoms with Crippen molar-refractivity contribution < 1.29 is 4.39 Å². The van der Waals surface area contributed by atoms with Crippen molar-refractivity contribution in [3.63, 3.8) is 0 Å². The van der Waals surface area contributed by atoms with E-state index in [1.807, 2.05) is 18.4 Å². The first-order valence-corrected chi connectivity index (χ1v) is 6.56. The van der Waals surface area contributed by atoms with Gasteiger partial charge in [-0.3, -0.25) is 0 Å².